The van der Waals surface area contributed by atoms with Crippen molar-refractivity contribution in [3.05, 3.63) is 30.6 Å². The zero-order valence-corrected chi connectivity index (χ0v) is 9.29. The van der Waals surface area contributed by atoms with Gasteiger partial charge in [0.05, 0.1) is 0 Å². The van der Waals surface area contributed by atoms with Crippen molar-refractivity contribution in [2.45, 2.75) is 13.8 Å². The summed E-state index contributed by atoms with van der Waals surface area (Å²) in [5, 5.41) is 14.8. The van der Waals surface area contributed by atoms with Crippen LogP contribution in [0.3, 0.4) is 0 Å². The average Bonchev–Trinajstić information content (AvgIpc) is 2.05. The van der Waals surface area contributed by atoms with Crippen LogP contribution in [-0.2, 0) is 26.7 Å². The number of aromatic nitrogens is 1. The number of carboxylic acids is 2. The van der Waals surface area contributed by atoms with E-state index in [1.165, 1.54) is 0 Å². The summed E-state index contributed by atoms with van der Waals surface area (Å²) in [4.78, 5) is 21.8. The summed E-state index contributed by atoms with van der Waals surface area (Å²) in [5.41, 5.74) is 0. The van der Waals surface area contributed by atoms with Crippen LogP contribution >= 0.6 is 0 Å². The molecule has 89 valence electrons. The van der Waals surface area contributed by atoms with Gasteiger partial charge in [-0.25, -0.2) is 0 Å². The van der Waals surface area contributed by atoms with E-state index in [0.29, 0.717) is 0 Å². The van der Waals surface area contributed by atoms with Crippen LogP contribution in [0.1, 0.15) is 13.8 Å². The van der Waals surface area contributed by atoms with Gasteiger partial charge in [0.2, 0.25) is 0 Å². The van der Waals surface area contributed by atoms with E-state index in [2.05, 4.69) is 4.98 Å². The van der Waals surface area contributed by atoms with Gasteiger partial charge >= 0.3 is 0 Å². The van der Waals surface area contributed by atoms with E-state index in [-0.39, 0.29) is 17.1 Å². The zero-order valence-electron chi connectivity index (χ0n) is 8.35. The molecular formula is C9H13CuNO4. The maximum Gasteiger partial charge on any atom is 0.300 e. The summed E-state index contributed by atoms with van der Waals surface area (Å²) in [5.74, 6) is -1.67. The molecule has 0 bridgehead atoms. The summed E-state index contributed by atoms with van der Waals surface area (Å²) in [6.07, 6.45) is 3.50. The van der Waals surface area contributed by atoms with Gasteiger partial charge in [0.1, 0.15) is 0 Å². The first-order valence-electron chi connectivity index (χ1n) is 3.71. The molecule has 0 aliphatic carbocycles. The van der Waals surface area contributed by atoms with Crippen molar-refractivity contribution in [2.75, 3.05) is 0 Å². The number of nitrogens with zero attached hydrogens (tertiary/aromatic N) is 1. The molecule has 0 saturated carbocycles. The first kappa shape index (κ1) is 19.2. The molecule has 0 amide bonds. The number of aliphatic carboxylic acids is 2. The predicted molar refractivity (Wildman–Crippen MR) is 50.9 cm³/mol. The van der Waals surface area contributed by atoms with Gasteiger partial charge in [0, 0.05) is 43.3 Å². The number of carbonyl (C=O) groups is 2. The number of carboxylic acid groups (broad SMARTS) is 2. The number of hydrogen-bond acceptors (Lipinski definition) is 3. The summed E-state index contributed by atoms with van der Waals surface area (Å²) < 4.78 is 0. The SMILES string of the molecule is CC(=O)O.CC(=O)O.[Cu].c1ccncc1. The maximum absolute atomic E-state index is 9.00. The minimum absolute atomic E-state index is 0. The van der Waals surface area contributed by atoms with Crippen molar-refractivity contribution < 1.29 is 36.9 Å². The van der Waals surface area contributed by atoms with E-state index in [1.54, 1.807) is 12.4 Å². The minimum atomic E-state index is -0.833. The second-order valence-electron chi connectivity index (χ2n) is 2.06. The van der Waals surface area contributed by atoms with E-state index >= 15 is 0 Å². The molecule has 15 heavy (non-hydrogen) atoms. The van der Waals surface area contributed by atoms with Gasteiger partial charge in [0.25, 0.3) is 11.9 Å². The molecule has 0 saturated heterocycles. The molecule has 2 N–H and O–H groups in total. The molecule has 1 heterocycles. The summed E-state index contributed by atoms with van der Waals surface area (Å²) in [7, 11) is 0. The number of pyridine rings is 1. The van der Waals surface area contributed by atoms with Crippen LogP contribution in [0, 0.1) is 0 Å². The molecule has 6 heteroatoms. The van der Waals surface area contributed by atoms with Crippen LogP contribution in [0.5, 0.6) is 0 Å². The summed E-state index contributed by atoms with van der Waals surface area (Å²) in [6.45, 7) is 2.17. The molecule has 1 aromatic rings. The fourth-order valence-corrected chi connectivity index (χ4v) is 0.313. The Labute approximate surface area is 98.6 Å². The third-order valence-corrected chi connectivity index (χ3v) is 0.566. The van der Waals surface area contributed by atoms with E-state index in [4.69, 9.17) is 19.8 Å². The molecule has 0 aliphatic rings. The Morgan fingerprint density at radius 3 is 1.27 bits per heavy atom. The van der Waals surface area contributed by atoms with Crippen LogP contribution < -0.4 is 0 Å². The van der Waals surface area contributed by atoms with Gasteiger partial charge in [-0.1, -0.05) is 6.07 Å². The Morgan fingerprint density at radius 1 is 0.933 bits per heavy atom. The molecule has 0 aliphatic heterocycles. The Bertz CT molecular complexity index is 207. The van der Waals surface area contributed by atoms with Gasteiger partial charge < -0.3 is 10.2 Å². The van der Waals surface area contributed by atoms with E-state index in [1.807, 2.05) is 18.2 Å². The van der Waals surface area contributed by atoms with Crippen LogP contribution in [-0.4, -0.2) is 27.1 Å². The van der Waals surface area contributed by atoms with Crippen LogP contribution in [0.4, 0.5) is 0 Å². The van der Waals surface area contributed by atoms with Crippen molar-refractivity contribution in [1.29, 1.82) is 0 Å². The molecule has 5 nitrogen and oxygen atoms in total. The summed E-state index contributed by atoms with van der Waals surface area (Å²) >= 11 is 0. The molecule has 0 unspecified atom stereocenters. The third-order valence-electron chi connectivity index (χ3n) is 0.566. The molecule has 0 fully saturated rings. The second kappa shape index (κ2) is 15.1. The average molecular weight is 263 g/mol. The van der Waals surface area contributed by atoms with Crippen molar-refractivity contribution in [3.63, 3.8) is 0 Å². The van der Waals surface area contributed by atoms with Crippen LogP contribution in [0.15, 0.2) is 30.6 Å². The first-order chi connectivity index (χ1) is 6.46. The van der Waals surface area contributed by atoms with Crippen molar-refractivity contribution in [2.24, 2.45) is 0 Å². The molecule has 1 radical (unpaired) electrons. The Hall–Kier alpha value is -1.39. The van der Waals surface area contributed by atoms with E-state index in [9.17, 15) is 0 Å². The van der Waals surface area contributed by atoms with Crippen LogP contribution in [0.2, 0.25) is 0 Å². The van der Waals surface area contributed by atoms with Crippen molar-refractivity contribution in [3.8, 4) is 0 Å². The van der Waals surface area contributed by atoms with Gasteiger partial charge in [0.15, 0.2) is 0 Å². The standard InChI is InChI=1S/C5H5N.2C2H4O2.Cu/c1-2-4-6-5-3-1;2*1-2(3)4;/h1-5H;2*1H3,(H,3,4);. The monoisotopic (exact) mass is 262 g/mol. The Balaban J connectivity index is -0.000000145. The Kier molecular flexibility index (Phi) is 19.4. The predicted octanol–water partition coefficient (Wildman–Crippen LogP) is 1.26. The number of hydrogen-bond donors (Lipinski definition) is 2. The maximum atomic E-state index is 9.00. The van der Waals surface area contributed by atoms with E-state index < -0.39 is 11.9 Å². The largest absolute Gasteiger partial charge is 0.481 e. The molecule has 1 aromatic heterocycles. The molecule has 0 atom stereocenters. The minimum Gasteiger partial charge on any atom is -0.481 e. The fourth-order valence-electron chi connectivity index (χ4n) is 0.313. The fraction of sp³-hybridized carbons (Fsp3) is 0.222. The zero-order chi connectivity index (χ0) is 11.4. The normalized spacial score (nSPS) is 6.53. The van der Waals surface area contributed by atoms with Crippen LogP contribution in [0.25, 0.3) is 0 Å². The second-order valence-corrected chi connectivity index (χ2v) is 2.06. The van der Waals surface area contributed by atoms with Gasteiger partial charge in [-0.15, -0.1) is 0 Å². The third kappa shape index (κ3) is 66.8. The molecule has 0 spiro atoms. The van der Waals surface area contributed by atoms with E-state index in [0.717, 1.165) is 13.8 Å². The number of rotatable bonds is 0. The topological polar surface area (TPSA) is 87.5 Å². The smallest absolute Gasteiger partial charge is 0.300 e. The molecular weight excluding hydrogens is 250 g/mol. The molecule has 1 rings (SSSR count). The molecule has 0 aromatic carbocycles. The quantitative estimate of drug-likeness (QED) is 0.688. The van der Waals surface area contributed by atoms with Crippen molar-refractivity contribution in [1.82, 2.24) is 4.98 Å². The summed E-state index contributed by atoms with van der Waals surface area (Å²) in [6, 6.07) is 5.72. The van der Waals surface area contributed by atoms with Crippen molar-refractivity contribution >= 4 is 11.9 Å². The van der Waals surface area contributed by atoms with Gasteiger partial charge in [-0.3, -0.25) is 14.6 Å². The Morgan fingerprint density at radius 2 is 1.20 bits per heavy atom. The van der Waals surface area contributed by atoms with Gasteiger partial charge in [-0.05, 0) is 12.1 Å². The van der Waals surface area contributed by atoms with Gasteiger partial charge in [-0.2, -0.15) is 0 Å². The first-order valence-corrected chi connectivity index (χ1v) is 3.71.